The average molecular weight is 486 g/mol. The van der Waals surface area contributed by atoms with Crippen molar-refractivity contribution in [1.29, 1.82) is 0 Å². The van der Waals surface area contributed by atoms with Crippen molar-refractivity contribution in [2.45, 2.75) is 50.0 Å². The zero-order chi connectivity index (χ0) is 23.4. The molecule has 0 radical (unpaired) electrons. The first-order valence-corrected chi connectivity index (χ1v) is 14.2. The summed E-state index contributed by atoms with van der Waals surface area (Å²) in [5.74, 6) is -0.608. The van der Waals surface area contributed by atoms with Crippen LogP contribution in [-0.4, -0.2) is 59.3 Å². The highest BCUT2D eigenvalue weighted by molar-refractivity contribution is 7.91. The smallest absolute Gasteiger partial charge is 0.240 e. The summed E-state index contributed by atoms with van der Waals surface area (Å²) in [6.45, 7) is 2.05. The van der Waals surface area contributed by atoms with E-state index in [9.17, 15) is 26.4 Å². The second-order valence-electron chi connectivity index (χ2n) is 8.77. The molecule has 1 aromatic rings. The van der Waals surface area contributed by atoms with Gasteiger partial charge in [-0.1, -0.05) is 17.7 Å². The summed E-state index contributed by atoms with van der Waals surface area (Å²) in [5.41, 5.74) is 0.990. The van der Waals surface area contributed by atoms with Crippen LogP contribution in [0.4, 0.5) is 0 Å². The van der Waals surface area contributed by atoms with Crippen molar-refractivity contribution in [3.63, 3.8) is 0 Å². The maximum absolute atomic E-state index is 12.4. The Morgan fingerprint density at radius 1 is 1.03 bits per heavy atom. The third-order valence-electron chi connectivity index (χ3n) is 6.13. The van der Waals surface area contributed by atoms with E-state index in [0.29, 0.717) is 25.8 Å². The number of rotatable bonds is 8. The fourth-order valence-corrected chi connectivity index (χ4v) is 6.95. The predicted molar refractivity (Wildman–Crippen MR) is 120 cm³/mol. The van der Waals surface area contributed by atoms with Gasteiger partial charge in [-0.05, 0) is 57.1 Å². The summed E-state index contributed by atoms with van der Waals surface area (Å²) in [6.07, 6.45) is 3.11. The second-order valence-corrected chi connectivity index (χ2v) is 12.8. The van der Waals surface area contributed by atoms with Crippen LogP contribution in [0.15, 0.2) is 29.2 Å². The Bertz CT molecular complexity index is 1030. The Morgan fingerprint density at radius 3 is 2.28 bits per heavy atom. The lowest BCUT2D eigenvalue weighted by Gasteiger charge is -2.27. The number of amides is 2. The third kappa shape index (κ3) is 7.01. The minimum absolute atomic E-state index is 0.0512. The van der Waals surface area contributed by atoms with Crippen molar-refractivity contribution < 1.29 is 26.4 Å². The minimum Gasteiger partial charge on any atom is -0.351 e. The molecule has 2 amide bonds. The molecule has 0 bridgehead atoms. The normalized spacial score (nSPS) is 25.2. The van der Waals surface area contributed by atoms with E-state index in [4.69, 9.17) is 0 Å². The van der Waals surface area contributed by atoms with Gasteiger partial charge < -0.3 is 10.6 Å². The summed E-state index contributed by atoms with van der Waals surface area (Å²) >= 11 is 0. The molecule has 2 aliphatic rings. The topological polar surface area (TPSA) is 139 Å². The van der Waals surface area contributed by atoms with Gasteiger partial charge in [-0.2, -0.15) is 0 Å². The van der Waals surface area contributed by atoms with Crippen LogP contribution in [0.2, 0.25) is 0 Å². The fraction of sp³-hybridized carbons (Fsp3) is 0.619. The number of hydrogen-bond donors (Lipinski definition) is 3. The summed E-state index contributed by atoms with van der Waals surface area (Å²) in [4.78, 5) is 24.6. The molecule has 1 aromatic carbocycles. The van der Waals surface area contributed by atoms with E-state index in [2.05, 4.69) is 15.4 Å². The Balaban J connectivity index is 1.36. The summed E-state index contributed by atoms with van der Waals surface area (Å²) < 4.78 is 50.4. The fourth-order valence-electron chi connectivity index (χ4n) is 4.16. The SMILES string of the molecule is Cc1ccc(S(=O)(=O)NCC2CCC(C(=O)NCC(=O)N[C@@H]3CCS(=O)(=O)C3)CC2)cc1. The van der Waals surface area contributed by atoms with Crippen molar-refractivity contribution in [2.24, 2.45) is 11.8 Å². The predicted octanol–water partition coefficient (Wildman–Crippen LogP) is 0.499. The van der Waals surface area contributed by atoms with Crippen molar-refractivity contribution >= 4 is 31.7 Å². The molecule has 9 nitrogen and oxygen atoms in total. The van der Waals surface area contributed by atoms with Crippen molar-refractivity contribution in [3.8, 4) is 0 Å². The molecule has 0 aromatic heterocycles. The first-order valence-electron chi connectivity index (χ1n) is 10.9. The van der Waals surface area contributed by atoms with Gasteiger partial charge in [0.2, 0.25) is 21.8 Å². The van der Waals surface area contributed by atoms with Crippen LogP contribution in [0.5, 0.6) is 0 Å². The second kappa shape index (κ2) is 10.3. The molecule has 11 heteroatoms. The van der Waals surface area contributed by atoms with Gasteiger partial charge in [0, 0.05) is 18.5 Å². The lowest BCUT2D eigenvalue weighted by Crippen LogP contribution is -2.44. The first kappa shape index (κ1) is 24.7. The largest absolute Gasteiger partial charge is 0.351 e. The molecule has 0 unspecified atom stereocenters. The van der Waals surface area contributed by atoms with Crippen molar-refractivity contribution in [2.75, 3.05) is 24.6 Å². The van der Waals surface area contributed by atoms with E-state index in [-0.39, 0.29) is 52.6 Å². The number of sulfone groups is 1. The van der Waals surface area contributed by atoms with Crippen LogP contribution in [0.25, 0.3) is 0 Å². The maximum atomic E-state index is 12.4. The number of aryl methyl sites for hydroxylation is 1. The molecular formula is C21H31N3O6S2. The van der Waals surface area contributed by atoms with E-state index in [1.165, 1.54) is 0 Å². The Kier molecular flexibility index (Phi) is 7.94. The highest BCUT2D eigenvalue weighted by atomic mass is 32.2. The Hall–Kier alpha value is -1.98. The molecular weight excluding hydrogens is 454 g/mol. The van der Waals surface area contributed by atoms with Crippen LogP contribution in [0.3, 0.4) is 0 Å². The van der Waals surface area contributed by atoms with Gasteiger partial charge in [-0.15, -0.1) is 0 Å². The third-order valence-corrected chi connectivity index (χ3v) is 9.34. The van der Waals surface area contributed by atoms with Crippen LogP contribution >= 0.6 is 0 Å². The quantitative estimate of drug-likeness (QED) is 0.490. The summed E-state index contributed by atoms with van der Waals surface area (Å²) in [6, 6.07) is 6.30. The molecule has 3 rings (SSSR count). The van der Waals surface area contributed by atoms with Gasteiger partial charge in [0.05, 0.1) is 22.9 Å². The van der Waals surface area contributed by atoms with E-state index < -0.39 is 19.9 Å². The van der Waals surface area contributed by atoms with Gasteiger partial charge in [-0.25, -0.2) is 21.6 Å². The molecule has 1 aliphatic carbocycles. The maximum Gasteiger partial charge on any atom is 0.240 e. The molecule has 3 N–H and O–H groups in total. The van der Waals surface area contributed by atoms with E-state index >= 15 is 0 Å². The van der Waals surface area contributed by atoms with Crippen LogP contribution in [0.1, 0.15) is 37.7 Å². The van der Waals surface area contributed by atoms with Crippen LogP contribution in [0, 0.1) is 18.8 Å². The Morgan fingerprint density at radius 2 is 1.69 bits per heavy atom. The lowest BCUT2D eigenvalue weighted by molar-refractivity contribution is -0.129. The molecule has 1 atom stereocenters. The summed E-state index contributed by atoms with van der Waals surface area (Å²) in [7, 11) is -6.62. The molecule has 1 aliphatic heterocycles. The highest BCUT2D eigenvalue weighted by Crippen LogP contribution is 2.28. The zero-order valence-electron chi connectivity index (χ0n) is 18.2. The monoisotopic (exact) mass is 485 g/mol. The van der Waals surface area contributed by atoms with E-state index in [1.54, 1.807) is 24.3 Å². The van der Waals surface area contributed by atoms with E-state index in [0.717, 1.165) is 18.4 Å². The molecule has 1 heterocycles. The molecule has 1 saturated heterocycles. The Labute approximate surface area is 189 Å². The van der Waals surface area contributed by atoms with Crippen molar-refractivity contribution in [1.82, 2.24) is 15.4 Å². The van der Waals surface area contributed by atoms with Gasteiger partial charge >= 0.3 is 0 Å². The molecule has 178 valence electrons. The number of hydrogen-bond acceptors (Lipinski definition) is 6. The van der Waals surface area contributed by atoms with Gasteiger partial charge in [0.15, 0.2) is 9.84 Å². The van der Waals surface area contributed by atoms with Crippen molar-refractivity contribution in [3.05, 3.63) is 29.8 Å². The van der Waals surface area contributed by atoms with Gasteiger partial charge in [-0.3, -0.25) is 9.59 Å². The number of carbonyl (C=O) groups is 2. The number of sulfonamides is 1. The minimum atomic E-state index is -3.55. The number of carbonyl (C=O) groups excluding carboxylic acids is 2. The van der Waals surface area contributed by atoms with Crippen LogP contribution < -0.4 is 15.4 Å². The lowest BCUT2D eigenvalue weighted by atomic mass is 9.81. The number of nitrogens with one attached hydrogen (secondary N) is 3. The van der Waals surface area contributed by atoms with Gasteiger partial charge in [0.25, 0.3) is 0 Å². The van der Waals surface area contributed by atoms with E-state index in [1.807, 2.05) is 6.92 Å². The van der Waals surface area contributed by atoms with Gasteiger partial charge in [0.1, 0.15) is 0 Å². The number of benzene rings is 1. The molecule has 0 spiro atoms. The average Bonchev–Trinajstić information content (AvgIpc) is 3.09. The standard InChI is InChI=1S/C21H31N3O6S2/c1-15-2-8-19(9-3-15)32(29,30)23-12-16-4-6-17(7-5-16)21(26)22-13-20(25)24-18-10-11-31(27,28)14-18/h2-3,8-9,16-18,23H,4-7,10-14H2,1H3,(H,22,26)(H,24,25)/t16?,17?,18-/m1/s1. The first-order chi connectivity index (χ1) is 15.0. The highest BCUT2D eigenvalue weighted by Gasteiger charge is 2.30. The summed E-state index contributed by atoms with van der Waals surface area (Å²) in [5, 5.41) is 5.28. The zero-order valence-corrected chi connectivity index (χ0v) is 19.8. The molecule has 32 heavy (non-hydrogen) atoms. The molecule has 2 fully saturated rings. The molecule has 1 saturated carbocycles. The van der Waals surface area contributed by atoms with Crippen LogP contribution in [-0.2, 0) is 29.4 Å².